The SMILES string of the molecule is Cc1cc(NC(=O)C2CC2C(=O)NCCc2ccc(F)cc2)no1. The van der Waals surface area contributed by atoms with Gasteiger partial charge in [0.15, 0.2) is 5.82 Å². The molecule has 0 aliphatic heterocycles. The Morgan fingerprint density at radius 2 is 1.96 bits per heavy atom. The predicted octanol–water partition coefficient (Wildman–Crippen LogP) is 2.06. The highest BCUT2D eigenvalue weighted by Gasteiger charge is 2.48. The van der Waals surface area contributed by atoms with Crippen LogP contribution in [-0.2, 0) is 16.0 Å². The highest BCUT2D eigenvalue weighted by Crippen LogP contribution is 2.39. The summed E-state index contributed by atoms with van der Waals surface area (Å²) in [5.74, 6) is -0.289. The number of nitrogens with one attached hydrogen (secondary N) is 2. The van der Waals surface area contributed by atoms with Crippen LogP contribution < -0.4 is 10.6 Å². The molecule has 3 rings (SSSR count). The van der Waals surface area contributed by atoms with E-state index in [1.807, 2.05) is 0 Å². The van der Waals surface area contributed by atoms with Gasteiger partial charge in [-0.25, -0.2) is 4.39 Å². The molecule has 0 radical (unpaired) electrons. The summed E-state index contributed by atoms with van der Waals surface area (Å²) in [7, 11) is 0. The molecule has 6 nitrogen and oxygen atoms in total. The summed E-state index contributed by atoms with van der Waals surface area (Å²) in [5, 5.41) is 9.14. The number of hydrogen-bond donors (Lipinski definition) is 2. The minimum Gasteiger partial charge on any atom is -0.360 e. The van der Waals surface area contributed by atoms with E-state index in [1.54, 1.807) is 25.1 Å². The second-order valence-corrected chi connectivity index (χ2v) is 5.93. The van der Waals surface area contributed by atoms with Gasteiger partial charge in [-0.05, 0) is 37.5 Å². The van der Waals surface area contributed by atoms with Crippen molar-refractivity contribution in [3.05, 3.63) is 47.5 Å². The topological polar surface area (TPSA) is 84.2 Å². The maximum Gasteiger partial charge on any atom is 0.229 e. The van der Waals surface area contributed by atoms with Gasteiger partial charge in [-0.2, -0.15) is 0 Å². The number of halogens is 1. The minimum atomic E-state index is -0.326. The van der Waals surface area contributed by atoms with Crippen LogP contribution in [0, 0.1) is 24.6 Å². The summed E-state index contributed by atoms with van der Waals surface area (Å²) in [6, 6.07) is 7.79. The molecule has 2 N–H and O–H groups in total. The Balaban J connectivity index is 1.40. The Kier molecular flexibility index (Phi) is 4.59. The maximum atomic E-state index is 12.8. The van der Waals surface area contributed by atoms with Crippen molar-refractivity contribution in [1.82, 2.24) is 10.5 Å². The number of hydrogen-bond acceptors (Lipinski definition) is 4. The molecule has 1 aromatic carbocycles. The molecular formula is C17H18FN3O3. The molecule has 1 aromatic heterocycles. The number of nitrogens with zero attached hydrogens (tertiary/aromatic N) is 1. The average Bonchev–Trinajstić information content (AvgIpc) is 3.26. The second kappa shape index (κ2) is 6.82. The molecule has 1 heterocycles. The Labute approximate surface area is 138 Å². The monoisotopic (exact) mass is 331 g/mol. The van der Waals surface area contributed by atoms with Crippen LogP contribution in [0.3, 0.4) is 0 Å². The molecule has 2 unspecified atom stereocenters. The van der Waals surface area contributed by atoms with Gasteiger partial charge in [-0.3, -0.25) is 9.59 Å². The van der Waals surface area contributed by atoms with E-state index in [0.717, 1.165) is 5.56 Å². The smallest absolute Gasteiger partial charge is 0.229 e. The lowest BCUT2D eigenvalue weighted by Crippen LogP contribution is -2.29. The van der Waals surface area contributed by atoms with Gasteiger partial charge in [-0.15, -0.1) is 0 Å². The van der Waals surface area contributed by atoms with Gasteiger partial charge >= 0.3 is 0 Å². The zero-order valence-corrected chi connectivity index (χ0v) is 13.2. The van der Waals surface area contributed by atoms with Crippen molar-refractivity contribution < 1.29 is 18.5 Å². The number of amides is 2. The zero-order chi connectivity index (χ0) is 17.1. The molecule has 0 saturated heterocycles. The number of carbonyl (C=O) groups is 2. The number of anilines is 1. The second-order valence-electron chi connectivity index (χ2n) is 5.93. The Bertz CT molecular complexity index is 742. The predicted molar refractivity (Wildman–Crippen MR) is 84.6 cm³/mol. The van der Waals surface area contributed by atoms with Crippen LogP contribution in [0.1, 0.15) is 17.7 Å². The Hall–Kier alpha value is -2.70. The van der Waals surface area contributed by atoms with Crippen LogP contribution in [0.4, 0.5) is 10.2 Å². The van der Waals surface area contributed by atoms with E-state index in [9.17, 15) is 14.0 Å². The van der Waals surface area contributed by atoms with Crippen LogP contribution in [0.5, 0.6) is 0 Å². The van der Waals surface area contributed by atoms with Crippen molar-refractivity contribution in [2.45, 2.75) is 19.8 Å². The Morgan fingerprint density at radius 1 is 1.25 bits per heavy atom. The van der Waals surface area contributed by atoms with E-state index >= 15 is 0 Å². The molecule has 0 spiro atoms. The Morgan fingerprint density at radius 3 is 2.62 bits per heavy atom. The molecule has 24 heavy (non-hydrogen) atoms. The fraction of sp³-hybridized carbons (Fsp3) is 0.353. The lowest BCUT2D eigenvalue weighted by Gasteiger charge is -2.05. The van der Waals surface area contributed by atoms with Gasteiger partial charge in [0.05, 0.1) is 11.8 Å². The third kappa shape index (κ3) is 3.98. The molecule has 1 aliphatic rings. The summed E-state index contributed by atoms with van der Waals surface area (Å²) in [4.78, 5) is 24.1. The van der Waals surface area contributed by atoms with Gasteiger partial charge in [0.25, 0.3) is 0 Å². The van der Waals surface area contributed by atoms with Crippen molar-refractivity contribution >= 4 is 17.6 Å². The third-order valence-corrected chi connectivity index (χ3v) is 3.97. The van der Waals surface area contributed by atoms with E-state index in [-0.39, 0.29) is 29.5 Å². The first-order valence-electron chi connectivity index (χ1n) is 7.79. The molecule has 2 amide bonds. The van der Waals surface area contributed by atoms with Crippen LogP contribution in [0.25, 0.3) is 0 Å². The number of aromatic nitrogens is 1. The highest BCUT2D eigenvalue weighted by atomic mass is 19.1. The maximum absolute atomic E-state index is 12.8. The molecule has 2 aromatic rings. The lowest BCUT2D eigenvalue weighted by atomic mass is 10.1. The van der Waals surface area contributed by atoms with Crippen molar-refractivity contribution in [3.63, 3.8) is 0 Å². The standard InChI is InChI=1S/C17H18FN3O3/c1-10-8-15(21-24-10)20-17(23)14-9-13(14)16(22)19-7-6-11-2-4-12(18)5-3-11/h2-5,8,13-14H,6-7,9H2,1H3,(H,19,22)(H,20,21,23). The lowest BCUT2D eigenvalue weighted by molar-refractivity contribution is -0.125. The highest BCUT2D eigenvalue weighted by molar-refractivity contribution is 5.99. The van der Waals surface area contributed by atoms with Gasteiger partial charge < -0.3 is 15.2 Å². The van der Waals surface area contributed by atoms with Gasteiger partial charge in [0.2, 0.25) is 11.8 Å². The van der Waals surface area contributed by atoms with Gasteiger partial charge in [0.1, 0.15) is 11.6 Å². The zero-order valence-electron chi connectivity index (χ0n) is 13.2. The van der Waals surface area contributed by atoms with Crippen LogP contribution >= 0.6 is 0 Å². The van der Waals surface area contributed by atoms with Crippen molar-refractivity contribution in [3.8, 4) is 0 Å². The first kappa shape index (κ1) is 16.2. The fourth-order valence-corrected chi connectivity index (χ4v) is 2.53. The summed E-state index contributed by atoms with van der Waals surface area (Å²) >= 11 is 0. The summed E-state index contributed by atoms with van der Waals surface area (Å²) in [6.45, 7) is 2.19. The first-order valence-corrected chi connectivity index (χ1v) is 7.79. The van der Waals surface area contributed by atoms with Crippen molar-refractivity contribution in [1.29, 1.82) is 0 Å². The molecule has 7 heteroatoms. The van der Waals surface area contributed by atoms with Crippen molar-refractivity contribution in [2.24, 2.45) is 11.8 Å². The molecular weight excluding hydrogens is 313 g/mol. The quantitative estimate of drug-likeness (QED) is 0.848. The van der Waals surface area contributed by atoms with Crippen LogP contribution in [-0.4, -0.2) is 23.5 Å². The first-order chi connectivity index (χ1) is 11.5. The molecule has 1 fully saturated rings. The van der Waals surface area contributed by atoms with E-state index in [1.165, 1.54) is 12.1 Å². The summed E-state index contributed by atoms with van der Waals surface area (Å²) < 4.78 is 17.7. The van der Waals surface area contributed by atoms with Crippen LogP contribution in [0.15, 0.2) is 34.9 Å². The third-order valence-electron chi connectivity index (χ3n) is 3.97. The van der Waals surface area contributed by atoms with Gasteiger partial charge in [-0.1, -0.05) is 17.3 Å². The molecule has 0 bridgehead atoms. The minimum absolute atomic E-state index is 0.131. The fourth-order valence-electron chi connectivity index (χ4n) is 2.53. The normalized spacial score (nSPS) is 18.9. The molecule has 2 atom stereocenters. The average molecular weight is 331 g/mol. The summed E-state index contributed by atoms with van der Waals surface area (Å²) in [5.41, 5.74) is 0.947. The largest absolute Gasteiger partial charge is 0.360 e. The molecule has 1 saturated carbocycles. The van der Waals surface area contributed by atoms with E-state index in [4.69, 9.17) is 4.52 Å². The van der Waals surface area contributed by atoms with Gasteiger partial charge in [0, 0.05) is 12.6 Å². The van der Waals surface area contributed by atoms with E-state index < -0.39 is 0 Å². The number of carbonyl (C=O) groups excluding carboxylic acids is 2. The molecule has 1 aliphatic carbocycles. The number of aryl methyl sites for hydroxylation is 1. The van der Waals surface area contributed by atoms with Crippen molar-refractivity contribution in [2.75, 3.05) is 11.9 Å². The van der Waals surface area contributed by atoms with E-state index in [2.05, 4.69) is 15.8 Å². The van der Waals surface area contributed by atoms with E-state index in [0.29, 0.717) is 31.0 Å². The molecule has 126 valence electrons. The number of benzene rings is 1. The number of rotatable bonds is 6. The summed E-state index contributed by atoms with van der Waals surface area (Å²) in [6.07, 6.45) is 1.15. The van der Waals surface area contributed by atoms with Crippen LogP contribution in [0.2, 0.25) is 0 Å².